The molecule has 0 spiro atoms. The second-order valence-corrected chi connectivity index (χ2v) is 10.8. The van der Waals surface area contributed by atoms with Gasteiger partial charge in [0.25, 0.3) is 0 Å². The molecule has 4 rings (SSSR count). The number of rotatable bonds is 5. The first-order valence-corrected chi connectivity index (χ1v) is 12.8. The van der Waals surface area contributed by atoms with Crippen molar-refractivity contribution in [1.82, 2.24) is 9.62 Å². The van der Waals surface area contributed by atoms with Gasteiger partial charge in [-0.25, -0.2) is 13.1 Å². The van der Waals surface area contributed by atoms with Crippen LogP contribution in [0.25, 0.3) is 0 Å². The van der Waals surface area contributed by atoms with Crippen LogP contribution in [0.2, 0.25) is 0 Å². The van der Waals surface area contributed by atoms with Crippen LogP contribution in [0.1, 0.15) is 44.9 Å². The Hall–Kier alpha value is -1.58. The highest BCUT2D eigenvalue weighted by molar-refractivity contribution is 7.99. The van der Waals surface area contributed by atoms with Crippen molar-refractivity contribution < 1.29 is 18.0 Å². The molecule has 2 amide bonds. The van der Waals surface area contributed by atoms with Crippen LogP contribution in [0.3, 0.4) is 0 Å². The Balaban J connectivity index is 1.46. The number of hydrogen-bond donors (Lipinski definition) is 2. The van der Waals surface area contributed by atoms with Gasteiger partial charge in [-0.05, 0) is 43.9 Å². The molecule has 0 bridgehead atoms. The molecule has 2 heterocycles. The van der Waals surface area contributed by atoms with Gasteiger partial charge in [0.2, 0.25) is 21.8 Å². The molecular formula is C20H27N3O4S2. The van der Waals surface area contributed by atoms with Gasteiger partial charge in [0.1, 0.15) is 0 Å². The lowest BCUT2D eigenvalue weighted by atomic mass is 10.1. The summed E-state index contributed by atoms with van der Waals surface area (Å²) in [5.41, 5.74) is 0.505. The molecule has 1 aromatic rings. The van der Waals surface area contributed by atoms with Gasteiger partial charge in [-0.3, -0.25) is 9.59 Å². The van der Waals surface area contributed by atoms with Gasteiger partial charge in [-0.15, -0.1) is 11.8 Å². The Bertz CT molecular complexity index is 891. The number of anilines is 1. The van der Waals surface area contributed by atoms with E-state index in [1.54, 1.807) is 12.1 Å². The number of hydrogen-bond acceptors (Lipinski definition) is 5. The first kappa shape index (κ1) is 20.7. The fourth-order valence-corrected chi connectivity index (χ4v) is 6.60. The predicted molar refractivity (Wildman–Crippen MR) is 112 cm³/mol. The molecule has 0 aromatic heterocycles. The molecular weight excluding hydrogens is 410 g/mol. The number of benzene rings is 1. The summed E-state index contributed by atoms with van der Waals surface area (Å²) in [6.07, 6.45) is 6.06. The molecule has 2 N–H and O–H groups in total. The highest BCUT2D eigenvalue weighted by atomic mass is 32.2. The van der Waals surface area contributed by atoms with Crippen LogP contribution in [0.15, 0.2) is 28.0 Å². The summed E-state index contributed by atoms with van der Waals surface area (Å²) in [4.78, 5) is 28.0. The fraction of sp³-hybridized carbons (Fsp3) is 0.600. The largest absolute Gasteiger partial charge is 0.343 e. The van der Waals surface area contributed by atoms with Crippen molar-refractivity contribution in [3.63, 3.8) is 0 Å². The quantitative estimate of drug-likeness (QED) is 0.738. The molecule has 2 aliphatic heterocycles. The van der Waals surface area contributed by atoms with E-state index >= 15 is 0 Å². The Morgan fingerprint density at radius 3 is 2.62 bits per heavy atom. The zero-order chi connectivity index (χ0) is 20.4. The van der Waals surface area contributed by atoms with Crippen LogP contribution in [-0.4, -0.2) is 50.0 Å². The number of thioether (sulfide) groups is 1. The van der Waals surface area contributed by atoms with E-state index in [4.69, 9.17) is 0 Å². The van der Waals surface area contributed by atoms with Crippen LogP contribution in [0.5, 0.6) is 0 Å². The molecule has 0 radical (unpaired) electrons. The monoisotopic (exact) mass is 437 g/mol. The summed E-state index contributed by atoms with van der Waals surface area (Å²) in [7, 11) is -3.62. The maximum absolute atomic E-state index is 12.7. The van der Waals surface area contributed by atoms with Crippen molar-refractivity contribution in [3.8, 4) is 0 Å². The first-order valence-electron chi connectivity index (χ1n) is 10.3. The Labute approximate surface area is 176 Å². The summed E-state index contributed by atoms with van der Waals surface area (Å²) < 4.78 is 28.2. The first-order chi connectivity index (χ1) is 13.9. The van der Waals surface area contributed by atoms with Crippen molar-refractivity contribution in [2.75, 3.05) is 24.2 Å². The van der Waals surface area contributed by atoms with Crippen molar-refractivity contribution in [1.29, 1.82) is 0 Å². The van der Waals surface area contributed by atoms with E-state index in [0.717, 1.165) is 56.5 Å². The number of carbonyl (C=O) groups excluding carboxylic acids is 2. The standard InChI is InChI=1S/C20H27N3O4S2/c24-19(23-9-3-4-10-23)11-14-13-28-18-8-7-16(12-17(18)21-20(14)25)29(26,27)22-15-5-1-2-6-15/h7-8,12,14-15,22H,1-6,9-11,13H2,(H,21,25). The van der Waals surface area contributed by atoms with E-state index in [-0.39, 0.29) is 29.2 Å². The topological polar surface area (TPSA) is 95.6 Å². The smallest absolute Gasteiger partial charge is 0.240 e. The number of fused-ring (bicyclic) bond motifs is 1. The van der Waals surface area contributed by atoms with E-state index < -0.39 is 15.9 Å². The van der Waals surface area contributed by atoms with E-state index in [1.807, 2.05) is 4.90 Å². The number of likely N-dealkylation sites (tertiary alicyclic amines) is 1. The number of nitrogens with zero attached hydrogens (tertiary/aromatic N) is 1. The minimum Gasteiger partial charge on any atom is -0.343 e. The second-order valence-electron chi connectivity index (χ2n) is 8.05. The zero-order valence-electron chi connectivity index (χ0n) is 16.4. The molecule has 1 atom stereocenters. The summed E-state index contributed by atoms with van der Waals surface area (Å²) in [6, 6.07) is 4.85. The summed E-state index contributed by atoms with van der Waals surface area (Å²) in [5, 5.41) is 2.85. The summed E-state index contributed by atoms with van der Waals surface area (Å²) >= 11 is 1.49. The maximum atomic E-state index is 12.7. The van der Waals surface area contributed by atoms with Gasteiger partial charge >= 0.3 is 0 Å². The van der Waals surface area contributed by atoms with Gasteiger partial charge in [0.05, 0.1) is 16.5 Å². The van der Waals surface area contributed by atoms with E-state index in [2.05, 4.69) is 10.0 Å². The van der Waals surface area contributed by atoms with E-state index in [9.17, 15) is 18.0 Å². The average Bonchev–Trinajstić information content (AvgIpc) is 3.36. The molecule has 1 saturated heterocycles. The van der Waals surface area contributed by atoms with Crippen LogP contribution in [0.4, 0.5) is 5.69 Å². The van der Waals surface area contributed by atoms with Crippen molar-refractivity contribution in [2.45, 2.75) is 60.8 Å². The predicted octanol–water partition coefficient (Wildman–Crippen LogP) is 2.58. The highest BCUT2D eigenvalue weighted by Gasteiger charge is 2.30. The van der Waals surface area contributed by atoms with Crippen LogP contribution in [-0.2, 0) is 19.6 Å². The minimum absolute atomic E-state index is 0.0104. The third-order valence-electron chi connectivity index (χ3n) is 5.89. The number of carbonyl (C=O) groups is 2. The molecule has 1 saturated carbocycles. The van der Waals surface area contributed by atoms with Gasteiger partial charge in [-0.1, -0.05) is 12.8 Å². The lowest BCUT2D eigenvalue weighted by Crippen LogP contribution is -2.33. The molecule has 2 fully saturated rings. The normalized spacial score (nSPS) is 23.0. The van der Waals surface area contributed by atoms with Gasteiger partial charge in [0, 0.05) is 36.2 Å². The van der Waals surface area contributed by atoms with Crippen LogP contribution in [0, 0.1) is 5.92 Å². The molecule has 1 unspecified atom stereocenters. The molecule has 1 aromatic carbocycles. The minimum atomic E-state index is -3.62. The van der Waals surface area contributed by atoms with E-state index in [1.165, 1.54) is 17.8 Å². The molecule has 29 heavy (non-hydrogen) atoms. The third kappa shape index (κ3) is 4.78. The van der Waals surface area contributed by atoms with Gasteiger partial charge in [-0.2, -0.15) is 0 Å². The van der Waals surface area contributed by atoms with Crippen molar-refractivity contribution in [3.05, 3.63) is 18.2 Å². The zero-order valence-corrected chi connectivity index (χ0v) is 18.0. The molecule has 3 aliphatic rings. The molecule has 1 aliphatic carbocycles. The third-order valence-corrected chi connectivity index (χ3v) is 8.64. The molecule has 9 heteroatoms. The maximum Gasteiger partial charge on any atom is 0.240 e. The second kappa shape index (κ2) is 8.65. The number of amides is 2. The Morgan fingerprint density at radius 2 is 1.90 bits per heavy atom. The van der Waals surface area contributed by atoms with Gasteiger partial charge in [0.15, 0.2) is 0 Å². The lowest BCUT2D eigenvalue weighted by Gasteiger charge is -2.18. The number of nitrogens with one attached hydrogen (secondary N) is 2. The molecule has 7 nitrogen and oxygen atoms in total. The molecule has 158 valence electrons. The van der Waals surface area contributed by atoms with Gasteiger partial charge < -0.3 is 10.2 Å². The lowest BCUT2D eigenvalue weighted by molar-refractivity contribution is -0.133. The SMILES string of the molecule is O=C1Nc2cc(S(=O)(=O)NC3CCCC3)ccc2SCC1CC(=O)N1CCCC1. The van der Waals surface area contributed by atoms with Crippen molar-refractivity contribution >= 4 is 39.3 Å². The van der Waals surface area contributed by atoms with Crippen LogP contribution >= 0.6 is 11.8 Å². The summed E-state index contributed by atoms with van der Waals surface area (Å²) in [6.45, 7) is 1.55. The summed E-state index contributed by atoms with van der Waals surface area (Å²) in [5.74, 6) is -0.109. The van der Waals surface area contributed by atoms with E-state index in [0.29, 0.717) is 11.4 Å². The van der Waals surface area contributed by atoms with Crippen LogP contribution < -0.4 is 10.0 Å². The fourth-order valence-electron chi connectivity index (χ4n) is 4.19. The van der Waals surface area contributed by atoms with Crippen molar-refractivity contribution in [2.24, 2.45) is 5.92 Å². The number of sulfonamides is 1. The average molecular weight is 438 g/mol. The Kier molecular flexibility index (Phi) is 6.17. The Morgan fingerprint density at radius 1 is 1.17 bits per heavy atom. The highest BCUT2D eigenvalue weighted by Crippen LogP contribution is 2.35.